The molecule has 3 unspecified atom stereocenters. The minimum atomic E-state index is -0.678. The largest absolute Gasteiger partial charge is 0.456 e. The molecule has 0 saturated carbocycles. The lowest BCUT2D eigenvalue weighted by Crippen LogP contribution is -2.28. The fourth-order valence-electron chi connectivity index (χ4n) is 2.20. The highest BCUT2D eigenvalue weighted by atomic mass is 35.5. The fourth-order valence-corrected chi connectivity index (χ4v) is 2.39. The summed E-state index contributed by atoms with van der Waals surface area (Å²) in [4.78, 5) is 12.0. The standard InChI is InChI=1S/C16H20ClFO4/c1-10(12-5-6-15(18)14(17)8-12)22-16(19)11(2)21-9-13-4-3-7-20-13/h5-6,8,10-11,13H,3-4,7,9H2,1-2H3. The summed E-state index contributed by atoms with van der Waals surface area (Å²) in [6.45, 7) is 4.47. The van der Waals surface area contributed by atoms with Gasteiger partial charge in [0.15, 0.2) is 6.10 Å². The maximum Gasteiger partial charge on any atom is 0.335 e. The Balaban J connectivity index is 1.82. The molecule has 4 nitrogen and oxygen atoms in total. The molecule has 22 heavy (non-hydrogen) atoms. The number of carbonyl (C=O) groups is 1. The molecule has 0 radical (unpaired) electrons. The molecule has 1 saturated heterocycles. The van der Waals surface area contributed by atoms with Crippen molar-refractivity contribution in [2.45, 2.75) is 45.0 Å². The van der Waals surface area contributed by atoms with Gasteiger partial charge in [-0.05, 0) is 44.4 Å². The summed E-state index contributed by atoms with van der Waals surface area (Å²) in [5.41, 5.74) is 0.631. The first-order chi connectivity index (χ1) is 10.5. The van der Waals surface area contributed by atoms with Crippen molar-refractivity contribution in [3.63, 3.8) is 0 Å². The Morgan fingerprint density at radius 1 is 1.50 bits per heavy atom. The molecule has 1 aliphatic rings. The Morgan fingerprint density at radius 3 is 2.91 bits per heavy atom. The molecule has 0 N–H and O–H groups in total. The zero-order valence-electron chi connectivity index (χ0n) is 12.7. The van der Waals surface area contributed by atoms with Crippen LogP contribution >= 0.6 is 11.6 Å². The highest BCUT2D eigenvalue weighted by Gasteiger charge is 2.22. The van der Waals surface area contributed by atoms with Crippen LogP contribution in [0.4, 0.5) is 4.39 Å². The second kappa shape index (κ2) is 7.90. The zero-order valence-corrected chi connectivity index (χ0v) is 13.4. The molecule has 0 amide bonds. The average Bonchev–Trinajstić information content (AvgIpc) is 3.00. The summed E-state index contributed by atoms with van der Waals surface area (Å²) >= 11 is 5.73. The molecule has 1 fully saturated rings. The van der Waals surface area contributed by atoms with Gasteiger partial charge in [-0.2, -0.15) is 0 Å². The van der Waals surface area contributed by atoms with Crippen LogP contribution in [-0.4, -0.2) is 31.4 Å². The normalized spacial score (nSPS) is 20.6. The van der Waals surface area contributed by atoms with Crippen LogP contribution in [0.5, 0.6) is 0 Å². The minimum absolute atomic E-state index is 0.00285. The molecule has 0 spiro atoms. The molecule has 0 aliphatic carbocycles. The van der Waals surface area contributed by atoms with E-state index in [1.54, 1.807) is 13.8 Å². The molecule has 1 aromatic carbocycles. The lowest BCUT2D eigenvalue weighted by atomic mass is 10.1. The number of esters is 1. The average molecular weight is 331 g/mol. The fraction of sp³-hybridized carbons (Fsp3) is 0.562. The van der Waals surface area contributed by atoms with Crippen molar-refractivity contribution in [2.75, 3.05) is 13.2 Å². The summed E-state index contributed by atoms with van der Waals surface area (Å²) in [6.07, 6.45) is 0.826. The first-order valence-corrected chi connectivity index (χ1v) is 7.74. The number of carbonyl (C=O) groups excluding carboxylic acids is 1. The number of ether oxygens (including phenoxy) is 3. The van der Waals surface area contributed by atoms with Crippen LogP contribution in [0.1, 0.15) is 38.4 Å². The van der Waals surface area contributed by atoms with Gasteiger partial charge < -0.3 is 14.2 Å². The van der Waals surface area contributed by atoms with Crippen molar-refractivity contribution < 1.29 is 23.4 Å². The van der Waals surface area contributed by atoms with E-state index in [2.05, 4.69) is 0 Å². The van der Waals surface area contributed by atoms with Crippen molar-refractivity contribution in [2.24, 2.45) is 0 Å². The Morgan fingerprint density at radius 2 is 2.27 bits per heavy atom. The van der Waals surface area contributed by atoms with Crippen molar-refractivity contribution in [3.05, 3.63) is 34.6 Å². The number of hydrogen-bond acceptors (Lipinski definition) is 4. The van der Waals surface area contributed by atoms with Crippen molar-refractivity contribution in [1.29, 1.82) is 0 Å². The van der Waals surface area contributed by atoms with E-state index in [-0.39, 0.29) is 11.1 Å². The van der Waals surface area contributed by atoms with E-state index in [0.29, 0.717) is 12.2 Å². The van der Waals surface area contributed by atoms with E-state index in [1.165, 1.54) is 18.2 Å². The molecule has 3 atom stereocenters. The highest BCUT2D eigenvalue weighted by molar-refractivity contribution is 6.30. The first-order valence-electron chi connectivity index (χ1n) is 7.36. The molecular formula is C16H20ClFO4. The highest BCUT2D eigenvalue weighted by Crippen LogP contribution is 2.23. The van der Waals surface area contributed by atoms with E-state index in [0.717, 1.165) is 19.4 Å². The van der Waals surface area contributed by atoms with E-state index >= 15 is 0 Å². The monoisotopic (exact) mass is 330 g/mol. The Kier molecular flexibility index (Phi) is 6.17. The van der Waals surface area contributed by atoms with Crippen LogP contribution in [-0.2, 0) is 19.0 Å². The van der Waals surface area contributed by atoms with Gasteiger partial charge in [0.05, 0.1) is 17.7 Å². The molecule has 1 aromatic rings. The van der Waals surface area contributed by atoms with Crippen LogP contribution in [0.25, 0.3) is 0 Å². The third-order valence-electron chi connectivity index (χ3n) is 3.59. The second-order valence-corrected chi connectivity index (χ2v) is 5.77. The SMILES string of the molecule is CC(OCC1CCCO1)C(=O)OC(C)c1ccc(F)c(Cl)c1. The van der Waals surface area contributed by atoms with Gasteiger partial charge in [0.2, 0.25) is 0 Å². The molecule has 1 heterocycles. The van der Waals surface area contributed by atoms with Crippen molar-refractivity contribution in [3.8, 4) is 0 Å². The summed E-state index contributed by atoms with van der Waals surface area (Å²) < 4.78 is 29.4. The van der Waals surface area contributed by atoms with Crippen LogP contribution in [0.15, 0.2) is 18.2 Å². The maximum atomic E-state index is 13.1. The topological polar surface area (TPSA) is 44.8 Å². The molecule has 122 valence electrons. The number of rotatable bonds is 6. The van der Waals surface area contributed by atoms with E-state index in [9.17, 15) is 9.18 Å². The number of benzene rings is 1. The van der Waals surface area contributed by atoms with Gasteiger partial charge in [0.1, 0.15) is 11.9 Å². The predicted octanol–water partition coefficient (Wildman–Crippen LogP) is 3.67. The minimum Gasteiger partial charge on any atom is -0.456 e. The maximum absolute atomic E-state index is 13.1. The predicted molar refractivity (Wildman–Crippen MR) is 80.3 cm³/mol. The lowest BCUT2D eigenvalue weighted by Gasteiger charge is -2.19. The number of halogens is 2. The van der Waals surface area contributed by atoms with E-state index in [4.69, 9.17) is 25.8 Å². The summed E-state index contributed by atoms with van der Waals surface area (Å²) in [6, 6.07) is 4.24. The third-order valence-corrected chi connectivity index (χ3v) is 3.88. The van der Waals surface area contributed by atoms with Crippen molar-refractivity contribution in [1.82, 2.24) is 0 Å². The van der Waals surface area contributed by atoms with Crippen LogP contribution < -0.4 is 0 Å². The van der Waals surface area contributed by atoms with Crippen LogP contribution in [0, 0.1) is 5.82 Å². The van der Waals surface area contributed by atoms with Crippen LogP contribution in [0.2, 0.25) is 5.02 Å². The summed E-state index contributed by atoms with van der Waals surface area (Å²) in [7, 11) is 0. The van der Waals surface area contributed by atoms with Gasteiger partial charge >= 0.3 is 5.97 Å². The van der Waals surface area contributed by atoms with Crippen LogP contribution in [0.3, 0.4) is 0 Å². The molecule has 6 heteroatoms. The second-order valence-electron chi connectivity index (χ2n) is 5.36. The van der Waals surface area contributed by atoms with E-state index < -0.39 is 24.0 Å². The molecular weight excluding hydrogens is 311 g/mol. The summed E-state index contributed by atoms with van der Waals surface area (Å²) in [5.74, 6) is -0.969. The zero-order chi connectivity index (χ0) is 16.1. The third kappa shape index (κ3) is 4.66. The molecule has 0 bridgehead atoms. The molecule has 1 aliphatic heterocycles. The summed E-state index contributed by atoms with van der Waals surface area (Å²) in [5, 5.41) is 0.00285. The lowest BCUT2D eigenvalue weighted by molar-refractivity contribution is -0.162. The Labute approximate surface area is 134 Å². The van der Waals surface area contributed by atoms with Gasteiger partial charge in [-0.3, -0.25) is 0 Å². The molecule has 2 rings (SSSR count). The Hall–Kier alpha value is -1.17. The smallest absolute Gasteiger partial charge is 0.335 e. The number of hydrogen-bond donors (Lipinski definition) is 0. The Bertz CT molecular complexity index is 517. The van der Waals surface area contributed by atoms with Gasteiger partial charge in [-0.25, -0.2) is 9.18 Å². The van der Waals surface area contributed by atoms with Gasteiger partial charge in [0.25, 0.3) is 0 Å². The van der Waals surface area contributed by atoms with Gasteiger partial charge in [0, 0.05) is 6.61 Å². The molecule has 0 aromatic heterocycles. The first kappa shape index (κ1) is 17.2. The van der Waals surface area contributed by atoms with Gasteiger partial charge in [-0.15, -0.1) is 0 Å². The quantitative estimate of drug-likeness (QED) is 0.747. The van der Waals surface area contributed by atoms with E-state index in [1.807, 2.05) is 0 Å². The van der Waals surface area contributed by atoms with Gasteiger partial charge in [-0.1, -0.05) is 17.7 Å². The van der Waals surface area contributed by atoms with Crippen molar-refractivity contribution >= 4 is 17.6 Å².